The predicted octanol–water partition coefficient (Wildman–Crippen LogP) is 3.77. The first-order chi connectivity index (χ1) is 15.0. The molecule has 1 aliphatic heterocycles. The molecule has 0 aliphatic carbocycles. The van der Waals surface area contributed by atoms with Gasteiger partial charge in [0.25, 0.3) is 0 Å². The summed E-state index contributed by atoms with van der Waals surface area (Å²) < 4.78 is 13.8. The van der Waals surface area contributed by atoms with Crippen LogP contribution in [-0.4, -0.2) is 51.2 Å². The van der Waals surface area contributed by atoms with E-state index in [0.717, 1.165) is 43.2 Å². The number of benzene rings is 1. The van der Waals surface area contributed by atoms with E-state index in [4.69, 9.17) is 9.47 Å². The molecule has 166 valence electrons. The fraction of sp³-hybridized carbons (Fsp3) is 0.500. The van der Waals surface area contributed by atoms with Crippen LogP contribution in [0.2, 0.25) is 0 Å². The Kier molecular flexibility index (Phi) is 6.73. The van der Waals surface area contributed by atoms with Crippen LogP contribution in [0.25, 0.3) is 0 Å². The first-order valence-corrected chi connectivity index (χ1v) is 11.1. The molecule has 0 spiro atoms. The molecule has 4 rings (SSSR count). The lowest BCUT2D eigenvalue weighted by atomic mass is 10.0. The minimum absolute atomic E-state index is 0.0137. The van der Waals surface area contributed by atoms with E-state index in [-0.39, 0.29) is 6.10 Å². The van der Waals surface area contributed by atoms with Crippen LogP contribution < -0.4 is 4.74 Å². The Morgan fingerprint density at radius 2 is 2.06 bits per heavy atom. The Labute approximate surface area is 184 Å². The van der Waals surface area contributed by atoms with Crippen LogP contribution in [0.15, 0.2) is 36.5 Å². The lowest BCUT2D eigenvalue weighted by Gasteiger charge is -2.32. The van der Waals surface area contributed by atoms with Crippen LogP contribution in [0.5, 0.6) is 5.75 Å². The molecular weight excluding hydrogens is 390 g/mol. The second-order valence-electron chi connectivity index (χ2n) is 8.61. The summed E-state index contributed by atoms with van der Waals surface area (Å²) in [5.74, 6) is 1.44. The first-order valence-electron chi connectivity index (χ1n) is 11.1. The van der Waals surface area contributed by atoms with E-state index in [0.29, 0.717) is 19.1 Å². The molecule has 0 saturated carbocycles. The number of morpholine rings is 1. The highest BCUT2D eigenvalue weighted by Gasteiger charge is 2.25. The molecule has 2 aromatic heterocycles. The van der Waals surface area contributed by atoms with Gasteiger partial charge in [-0.1, -0.05) is 26.0 Å². The zero-order valence-electron chi connectivity index (χ0n) is 19.0. The van der Waals surface area contributed by atoms with E-state index < -0.39 is 0 Å². The van der Waals surface area contributed by atoms with Crippen molar-refractivity contribution in [2.75, 3.05) is 26.3 Å². The minimum Gasteiger partial charge on any atom is -0.493 e. The van der Waals surface area contributed by atoms with Crippen molar-refractivity contribution in [2.45, 2.75) is 45.8 Å². The third kappa shape index (κ3) is 5.35. The molecule has 31 heavy (non-hydrogen) atoms. The van der Waals surface area contributed by atoms with Crippen LogP contribution in [0.4, 0.5) is 0 Å². The monoisotopic (exact) mass is 423 g/mol. The standard InChI is InChI=1S/C24H33N5O2/c1-17(2)19-5-7-22(8-6-19)30-11-9-21-13-23(27-26-21)24-16-29(10-12-31-24)15-20-14-25-28(4)18(20)3/h5-8,13-14,17,24H,9-12,15-16H2,1-4H3,(H,26,27). The Bertz CT molecular complexity index is 976. The van der Waals surface area contributed by atoms with Gasteiger partial charge < -0.3 is 9.47 Å². The quantitative estimate of drug-likeness (QED) is 0.597. The van der Waals surface area contributed by atoms with E-state index in [2.05, 4.69) is 59.2 Å². The Balaban J connectivity index is 1.28. The number of nitrogens with one attached hydrogen (secondary N) is 1. The fourth-order valence-electron chi connectivity index (χ4n) is 3.87. The topological polar surface area (TPSA) is 68.2 Å². The average molecular weight is 424 g/mol. The number of aryl methyl sites for hydroxylation is 1. The number of ether oxygens (including phenoxy) is 2. The number of H-pyrrole nitrogens is 1. The summed E-state index contributed by atoms with van der Waals surface area (Å²) in [6.07, 6.45) is 2.73. The summed E-state index contributed by atoms with van der Waals surface area (Å²) >= 11 is 0. The highest BCUT2D eigenvalue weighted by Crippen LogP contribution is 2.23. The van der Waals surface area contributed by atoms with Gasteiger partial charge >= 0.3 is 0 Å². The molecule has 1 atom stereocenters. The minimum atomic E-state index is -0.0137. The number of aromatic nitrogens is 4. The summed E-state index contributed by atoms with van der Waals surface area (Å²) in [6.45, 7) is 10.5. The molecule has 1 saturated heterocycles. The van der Waals surface area contributed by atoms with Crippen molar-refractivity contribution in [3.8, 4) is 5.75 Å². The van der Waals surface area contributed by atoms with Gasteiger partial charge in [-0.2, -0.15) is 10.2 Å². The zero-order valence-corrected chi connectivity index (χ0v) is 19.0. The van der Waals surface area contributed by atoms with Crippen molar-refractivity contribution in [1.29, 1.82) is 0 Å². The third-order valence-electron chi connectivity index (χ3n) is 6.05. The molecule has 1 aliphatic rings. The molecule has 7 nitrogen and oxygen atoms in total. The summed E-state index contributed by atoms with van der Waals surface area (Å²) in [6, 6.07) is 10.5. The molecule has 1 N–H and O–H groups in total. The van der Waals surface area contributed by atoms with E-state index in [1.165, 1.54) is 16.8 Å². The van der Waals surface area contributed by atoms with Gasteiger partial charge in [-0.3, -0.25) is 14.7 Å². The van der Waals surface area contributed by atoms with Gasteiger partial charge in [0, 0.05) is 50.1 Å². The normalized spacial score (nSPS) is 17.4. The van der Waals surface area contributed by atoms with Gasteiger partial charge in [0.1, 0.15) is 11.9 Å². The SMILES string of the molecule is Cc1c(CN2CCOC(c3cc(CCOc4ccc(C(C)C)cc4)[nH]n3)C2)cnn1C. The van der Waals surface area contributed by atoms with Crippen molar-refractivity contribution in [1.82, 2.24) is 24.9 Å². The first kappa shape index (κ1) is 21.6. The molecule has 7 heteroatoms. The summed E-state index contributed by atoms with van der Waals surface area (Å²) in [5, 5.41) is 12.0. The van der Waals surface area contributed by atoms with Crippen LogP contribution in [0.1, 0.15) is 54.1 Å². The van der Waals surface area contributed by atoms with Gasteiger partial charge in [-0.25, -0.2) is 0 Å². The molecule has 1 fully saturated rings. The predicted molar refractivity (Wildman–Crippen MR) is 120 cm³/mol. The summed E-state index contributed by atoms with van der Waals surface area (Å²) in [4.78, 5) is 2.41. The molecule has 0 bridgehead atoms. The van der Waals surface area contributed by atoms with Crippen molar-refractivity contribution in [3.05, 3.63) is 64.7 Å². The Morgan fingerprint density at radius 1 is 1.26 bits per heavy atom. The van der Waals surface area contributed by atoms with E-state index in [1.54, 1.807) is 0 Å². The van der Waals surface area contributed by atoms with Crippen LogP contribution in [0, 0.1) is 6.92 Å². The van der Waals surface area contributed by atoms with Crippen LogP contribution >= 0.6 is 0 Å². The fourth-order valence-corrected chi connectivity index (χ4v) is 3.87. The molecule has 1 unspecified atom stereocenters. The average Bonchev–Trinajstić information content (AvgIpc) is 3.37. The maximum absolute atomic E-state index is 6.01. The van der Waals surface area contributed by atoms with Crippen LogP contribution in [0.3, 0.4) is 0 Å². The van der Waals surface area contributed by atoms with E-state index in [1.807, 2.05) is 30.1 Å². The Morgan fingerprint density at radius 3 is 2.77 bits per heavy atom. The number of aromatic amines is 1. The molecule has 0 radical (unpaired) electrons. The largest absolute Gasteiger partial charge is 0.493 e. The van der Waals surface area contributed by atoms with E-state index in [9.17, 15) is 0 Å². The van der Waals surface area contributed by atoms with Crippen molar-refractivity contribution < 1.29 is 9.47 Å². The highest BCUT2D eigenvalue weighted by atomic mass is 16.5. The lowest BCUT2D eigenvalue weighted by Crippen LogP contribution is -2.38. The third-order valence-corrected chi connectivity index (χ3v) is 6.05. The van der Waals surface area contributed by atoms with E-state index >= 15 is 0 Å². The molecule has 3 heterocycles. The van der Waals surface area contributed by atoms with Gasteiger partial charge in [-0.15, -0.1) is 0 Å². The lowest BCUT2D eigenvalue weighted by molar-refractivity contribution is -0.0350. The Hall–Kier alpha value is -2.64. The van der Waals surface area contributed by atoms with Gasteiger partial charge in [0.15, 0.2) is 0 Å². The highest BCUT2D eigenvalue weighted by molar-refractivity contribution is 5.29. The van der Waals surface area contributed by atoms with Crippen molar-refractivity contribution >= 4 is 0 Å². The van der Waals surface area contributed by atoms with Gasteiger partial charge in [0.2, 0.25) is 0 Å². The molecule has 3 aromatic rings. The van der Waals surface area contributed by atoms with Crippen molar-refractivity contribution in [3.63, 3.8) is 0 Å². The second-order valence-corrected chi connectivity index (χ2v) is 8.61. The van der Waals surface area contributed by atoms with Crippen LogP contribution in [-0.2, 0) is 24.8 Å². The maximum Gasteiger partial charge on any atom is 0.119 e. The summed E-state index contributed by atoms with van der Waals surface area (Å²) in [7, 11) is 1.98. The number of hydrogen-bond donors (Lipinski definition) is 1. The molecular formula is C24H33N5O2. The molecule has 0 amide bonds. The van der Waals surface area contributed by atoms with Gasteiger partial charge in [-0.05, 0) is 36.6 Å². The summed E-state index contributed by atoms with van der Waals surface area (Å²) in [5.41, 5.74) is 5.83. The van der Waals surface area contributed by atoms with Gasteiger partial charge in [0.05, 0.1) is 25.1 Å². The number of rotatable bonds is 8. The zero-order chi connectivity index (χ0) is 21.8. The number of nitrogens with zero attached hydrogens (tertiary/aromatic N) is 4. The maximum atomic E-state index is 6.01. The van der Waals surface area contributed by atoms with Crippen molar-refractivity contribution in [2.24, 2.45) is 7.05 Å². The number of hydrogen-bond acceptors (Lipinski definition) is 5. The smallest absolute Gasteiger partial charge is 0.119 e. The molecule has 1 aromatic carbocycles. The second kappa shape index (κ2) is 9.66.